The molecule has 1 unspecified atom stereocenters. The molecule has 0 saturated carbocycles. The minimum atomic E-state index is -4.64. The number of nitrogens with one attached hydrogen (secondary N) is 2. The van der Waals surface area contributed by atoms with Crippen molar-refractivity contribution in [2.45, 2.75) is 104 Å². The molecule has 400 valence electrons. The number of aromatic nitrogens is 3. The summed E-state index contributed by atoms with van der Waals surface area (Å²) in [5.74, 6) is -3.05. The van der Waals surface area contributed by atoms with Gasteiger partial charge < -0.3 is 43.4 Å². The number of cyclic esters (lactones) is 1. The van der Waals surface area contributed by atoms with Gasteiger partial charge in [0.15, 0.2) is 11.7 Å². The molecule has 0 aliphatic carbocycles. The monoisotopic (exact) mass is 1030 g/mol. The van der Waals surface area contributed by atoms with Gasteiger partial charge in [-0.15, -0.1) is 0 Å². The van der Waals surface area contributed by atoms with Crippen LogP contribution >= 0.6 is 0 Å². The van der Waals surface area contributed by atoms with E-state index < -0.39 is 72.0 Å². The van der Waals surface area contributed by atoms with Gasteiger partial charge in [0.2, 0.25) is 17.7 Å². The smallest absolute Gasteiger partial charge is 0.406 e. The van der Waals surface area contributed by atoms with Crippen molar-refractivity contribution in [1.29, 1.82) is 0 Å². The third-order valence-electron chi connectivity index (χ3n) is 14.8. The fourth-order valence-electron chi connectivity index (χ4n) is 10.7. The number of nitrogens with zero attached hydrogens (tertiary/aromatic N) is 8. The van der Waals surface area contributed by atoms with Gasteiger partial charge in [-0.3, -0.25) is 34.0 Å². The molecule has 8 rings (SSSR count). The van der Waals surface area contributed by atoms with Crippen LogP contribution in [0.25, 0.3) is 33.5 Å². The molecular weight excluding hydrogens is 962 g/mol. The van der Waals surface area contributed by atoms with Crippen molar-refractivity contribution in [1.82, 2.24) is 45.0 Å². The first-order valence-electron chi connectivity index (χ1n) is 25.4. The summed E-state index contributed by atoms with van der Waals surface area (Å²) in [6, 6.07) is 3.69. The van der Waals surface area contributed by atoms with Crippen LogP contribution < -0.4 is 15.6 Å². The summed E-state index contributed by atoms with van der Waals surface area (Å²) in [6.45, 7) is 15.0. The Balaban J connectivity index is 1.22. The molecule has 21 heteroatoms. The van der Waals surface area contributed by atoms with Crippen LogP contribution in [-0.4, -0.2) is 162 Å². The van der Waals surface area contributed by atoms with Gasteiger partial charge in [0.1, 0.15) is 24.7 Å². The second kappa shape index (κ2) is 21.9. The molecule has 6 bridgehead atoms. The SMILES string of the molecule is C=CC(=O)N1CCC(C(=O)N(C)[C@H](C(=O)N[C@H]2Cc3ncc(o3)-c3ccc4c(c3)c(c(-c3cc(N5CCN(C)CC5)cnc3[C@H](C)OC)n4CC(F)(F)F)CC(C)(C)COC(=O)[C@@H]3CCCN(N3)C2=O)C(C)C)C1. The van der Waals surface area contributed by atoms with Crippen molar-refractivity contribution < 1.29 is 51.0 Å². The number of benzene rings is 1. The number of halogens is 3. The van der Waals surface area contributed by atoms with Crippen LogP contribution in [0.1, 0.15) is 77.1 Å². The second-order valence-corrected chi connectivity index (χ2v) is 21.3. The number of oxazole rings is 1. The normalized spacial score (nSPS) is 21.8. The summed E-state index contributed by atoms with van der Waals surface area (Å²) in [6.07, 6.45) is 0.259. The average molecular weight is 1030 g/mol. The predicted octanol–water partition coefficient (Wildman–Crippen LogP) is 5.55. The zero-order valence-electron chi connectivity index (χ0n) is 43.6. The minimum Gasteiger partial charge on any atom is -0.464 e. The molecule has 0 radical (unpaired) electrons. The van der Waals surface area contributed by atoms with Gasteiger partial charge in [-0.05, 0) is 81.5 Å². The maximum absolute atomic E-state index is 15.0. The summed E-state index contributed by atoms with van der Waals surface area (Å²) in [5.41, 5.74) is 5.55. The number of amides is 4. The number of hydrogen-bond donors (Lipinski definition) is 2. The fourth-order valence-corrected chi connectivity index (χ4v) is 10.7. The number of likely N-dealkylation sites (tertiary alicyclic amines) is 1. The number of methoxy groups -OCH3 is 1. The number of hydrogen-bond acceptors (Lipinski definition) is 13. The molecule has 5 atom stereocenters. The van der Waals surface area contributed by atoms with Crippen LogP contribution in [0, 0.1) is 17.3 Å². The molecule has 3 saturated heterocycles. The number of ether oxygens (including phenoxy) is 2. The molecule has 4 amide bonds. The summed E-state index contributed by atoms with van der Waals surface area (Å²) in [5, 5.41) is 4.68. The first kappa shape index (κ1) is 54.0. The summed E-state index contributed by atoms with van der Waals surface area (Å²) >= 11 is 0. The molecule has 18 nitrogen and oxygen atoms in total. The Kier molecular flexibility index (Phi) is 15.9. The fraction of sp³-hybridized carbons (Fsp3) is 0.566. The molecule has 4 aromatic rings. The highest BCUT2D eigenvalue weighted by Crippen LogP contribution is 2.44. The molecule has 7 heterocycles. The highest BCUT2D eigenvalue weighted by atomic mass is 19.4. The number of hydrazine groups is 1. The Hall–Kier alpha value is -6.32. The van der Waals surface area contributed by atoms with Crippen molar-refractivity contribution in [2.75, 3.05) is 78.5 Å². The minimum absolute atomic E-state index is 0.0676. The lowest BCUT2D eigenvalue weighted by atomic mass is 9.84. The molecule has 3 fully saturated rings. The quantitative estimate of drug-likeness (QED) is 0.141. The van der Waals surface area contributed by atoms with Crippen LogP contribution in [0.5, 0.6) is 0 Å². The molecule has 2 N–H and O–H groups in total. The lowest BCUT2D eigenvalue weighted by molar-refractivity contribution is -0.155. The lowest BCUT2D eigenvalue weighted by Gasteiger charge is -2.36. The number of esters is 1. The number of anilines is 1. The molecular formula is C53H69F3N10O8. The summed E-state index contributed by atoms with van der Waals surface area (Å²) in [7, 11) is 5.11. The van der Waals surface area contributed by atoms with Crippen LogP contribution in [-0.2, 0) is 52.8 Å². The van der Waals surface area contributed by atoms with Crippen molar-refractivity contribution in [3.8, 4) is 22.6 Å². The predicted molar refractivity (Wildman–Crippen MR) is 270 cm³/mol. The Bertz CT molecular complexity index is 2760. The first-order chi connectivity index (χ1) is 35.1. The Morgan fingerprint density at radius 2 is 1.78 bits per heavy atom. The Morgan fingerprint density at radius 1 is 1.04 bits per heavy atom. The van der Waals surface area contributed by atoms with Crippen molar-refractivity contribution in [2.24, 2.45) is 17.3 Å². The van der Waals surface area contributed by atoms with E-state index in [9.17, 15) is 24.0 Å². The average Bonchev–Trinajstić information content (AvgIpc) is 4.12. The topological polar surface area (TPSA) is 188 Å². The van der Waals surface area contributed by atoms with Crippen molar-refractivity contribution >= 4 is 46.2 Å². The van der Waals surface area contributed by atoms with E-state index in [-0.39, 0.29) is 56.0 Å². The largest absolute Gasteiger partial charge is 0.464 e. The van der Waals surface area contributed by atoms with E-state index in [1.807, 2.05) is 33.9 Å². The maximum Gasteiger partial charge on any atom is 0.406 e. The number of fused-ring (bicyclic) bond motifs is 6. The number of rotatable bonds is 11. The summed E-state index contributed by atoms with van der Waals surface area (Å²) in [4.78, 5) is 86.2. The van der Waals surface area contributed by atoms with E-state index in [0.717, 1.165) is 18.8 Å². The molecule has 0 spiro atoms. The summed E-state index contributed by atoms with van der Waals surface area (Å²) < 4.78 is 64.6. The van der Waals surface area contributed by atoms with E-state index in [0.29, 0.717) is 77.9 Å². The van der Waals surface area contributed by atoms with Gasteiger partial charge in [-0.2, -0.15) is 13.2 Å². The highest BCUT2D eigenvalue weighted by molar-refractivity contribution is 5.96. The third kappa shape index (κ3) is 11.6. The highest BCUT2D eigenvalue weighted by Gasteiger charge is 2.41. The third-order valence-corrected chi connectivity index (χ3v) is 14.8. The van der Waals surface area contributed by atoms with E-state index in [4.69, 9.17) is 18.9 Å². The Morgan fingerprint density at radius 3 is 2.47 bits per heavy atom. The zero-order chi connectivity index (χ0) is 53.4. The van der Waals surface area contributed by atoms with Crippen LogP contribution in [0.2, 0.25) is 0 Å². The van der Waals surface area contributed by atoms with E-state index in [1.54, 1.807) is 43.1 Å². The lowest BCUT2D eigenvalue weighted by Crippen LogP contribution is -2.62. The molecule has 4 aliphatic rings. The Labute approximate surface area is 429 Å². The number of carbonyl (C=O) groups excluding carboxylic acids is 5. The molecule has 74 heavy (non-hydrogen) atoms. The number of alkyl halides is 3. The molecule has 1 aromatic carbocycles. The van der Waals surface area contributed by atoms with Gasteiger partial charge in [0.25, 0.3) is 5.91 Å². The van der Waals surface area contributed by atoms with Gasteiger partial charge >= 0.3 is 12.1 Å². The number of likely N-dealkylation sites (N-methyl/N-ethyl adjacent to an activating group) is 2. The van der Waals surface area contributed by atoms with Gasteiger partial charge in [0.05, 0.1) is 54.5 Å². The van der Waals surface area contributed by atoms with E-state index in [2.05, 4.69) is 32.1 Å². The number of piperazine rings is 1. The van der Waals surface area contributed by atoms with E-state index >= 15 is 13.2 Å². The number of carbonyl (C=O) groups is 5. The zero-order valence-corrected chi connectivity index (χ0v) is 43.6. The van der Waals surface area contributed by atoms with Gasteiger partial charge in [0, 0.05) is 87.4 Å². The maximum atomic E-state index is 15.0. The van der Waals surface area contributed by atoms with Crippen LogP contribution in [0.4, 0.5) is 18.9 Å². The van der Waals surface area contributed by atoms with Crippen LogP contribution in [0.3, 0.4) is 0 Å². The first-order valence-corrected chi connectivity index (χ1v) is 25.4. The van der Waals surface area contributed by atoms with Crippen LogP contribution in [0.15, 0.2) is 53.7 Å². The molecule has 3 aromatic heterocycles. The molecule has 4 aliphatic heterocycles. The number of pyridine rings is 1. The second-order valence-electron chi connectivity index (χ2n) is 21.3. The van der Waals surface area contributed by atoms with E-state index in [1.165, 1.54) is 40.9 Å². The van der Waals surface area contributed by atoms with Gasteiger partial charge in [-0.1, -0.05) is 34.3 Å². The van der Waals surface area contributed by atoms with Crippen molar-refractivity contribution in [3.63, 3.8) is 0 Å². The standard InChI is InChI=1S/C53H69F3N10O8/c1-10-44(67)64-17-15-34(28-64)49(69)62(8)46(31(2)3)48(68)59-40-24-43-57-27-42(74-43)33-13-14-41-36(22-33)38(25-52(5,6)30-73-51(71)39-12-11-16-66(60-39)50(40)70)47(65(41)29-53(54,55)56)37-23-35(26-58-45(37)32(4)72-9)63-20-18-61(7)19-21-63/h10,13-14,22-23,26-27,31-32,34,39-40,46,60H,1,11-12,15-21,24-25,28-30H2,2-9H3,(H,59,68)/t32-,34?,39-,40-,46-/m0/s1. The van der Waals surface area contributed by atoms with Crippen molar-refractivity contribution in [3.05, 3.63) is 66.5 Å². The van der Waals surface area contributed by atoms with Gasteiger partial charge in [-0.25, -0.2) is 10.4 Å².